The van der Waals surface area contributed by atoms with Crippen LogP contribution in [0.3, 0.4) is 0 Å². The van der Waals surface area contributed by atoms with Crippen molar-refractivity contribution in [1.82, 2.24) is 53.3 Å². The molecule has 1 fully saturated rings. The zero-order valence-corrected chi connectivity index (χ0v) is 46.2. The van der Waals surface area contributed by atoms with Gasteiger partial charge in [0.25, 0.3) is 0 Å². The number of fused-ring (bicyclic) bond motifs is 4. The van der Waals surface area contributed by atoms with Crippen LogP contribution in [0.5, 0.6) is 0 Å². The average molecular weight is 1150 g/mol. The standard InChI is InChI=1S/C24H24N6O2.C20H17FN4O.C20H14N6O2/c1-17(31)26-20-4-2-3-18(15-20)22-16-30-10-9-25-24(30)23(28-22)27-19-5-7-21(8-6-19)29-11-13-32-14-12-29;21-17-4-2-1-3-16(17)18-13-25-11-10-22-20(25)19(24-18)23-15-7-5-14(6-8-15)9-12-26;27-20(28)13-3-1-2-12(8-13)17-11-26-7-6-21-19(26)18(24-17)23-15-5-4-14-10-22-25-16(14)9-15/h2-10,15-16H,11-14H2,1H3,(H,26,31)(H,27,28);1-8,10-11,13,26H,9,12H2,(H,23,24);1-11H,(H,22,25)(H,23,24)(H,27,28). The summed E-state index contributed by atoms with van der Waals surface area (Å²) in [5.41, 5.74) is 12.7. The molecular formula is C64H55FN16O5. The Morgan fingerprint density at radius 3 is 1.78 bits per heavy atom. The Morgan fingerprint density at radius 2 is 1.17 bits per heavy atom. The number of halogens is 1. The van der Waals surface area contributed by atoms with Crippen molar-refractivity contribution in [1.29, 1.82) is 0 Å². The van der Waals surface area contributed by atoms with Gasteiger partial charge in [-0.3, -0.25) is 9.89 Å². The third-order valence-corrected chi connectivity index (χ3v) is 14.0. The molecule has 21 nitrogen and oxygen atoms in total. The van der Waals surface area contributed by atoms with Gasteiger partial charge >= 0.3 is 5.97 Å². The normalized spacial score (nSPS) is 12.1. The summed E-state index contributed by atoms with van der Waals surface area (Å²) in [7, 11) is 0. The van der Waals surface area contributed by atoms with E-state index in [0.29, 0.717) is 57.7 Å². The number of carbonyl (C=O) groups is 2. The molecule has 0 saturated carbocycles. The van der Waals surface area contributed by atoms with E-state index in [0.717, 1.165) is 82.4 Å². The topological polar surface area (TPSA) is 254 Å². The first-order valence-corrected chi connectivity index (χ1v) is 27.4. The molecule has 86 heavy (non-hydrogen) atoms. The maximum Gasteiger partial charge on any atom is 0.335 e. The van der Waals surface area contributed by atoms with Gasteiger partial charge in [-0.1, -0.05) is 48.5 Å². The predicted octanol–water partition coefficient (Wildman–Crippen LogP) is 11.5. The molecule has 0 radical (unpaired) electrons. The Kier molecular flexibility index (Phi) is 16.1. The van der Waals surface area contributed by atoms with Gasteiger partial charge < -0.3 is 54.3 Å². The van der Waals surface area contributed by atoms with Crippen LogP contribution in [0.15, 0.2) is 201 Å². The smallest absolute Gasteiger partial charge is 0.335 e. The molecule has 1 amide bonds. The molecule has 13 aromatic rings. The van der Waals surface area contributed by atoms with Crippen molar-refractivity contribution in [2.75, 3.05) is 59.1 Å². The first-order chi connectivity index (χ1) is 42.1. The molecule has 428 valence electrons. The first kappa shape index (κ1) is 55.2. The summed E-state index contributed by atoms with van der Waals surface area (Å²) in [6, 6.07) is 42.8. The van der Waals surface area contributed by atoms with Crippen molar-refractivity contribution in [3.8, 4) is 33.8 Å². The van der Waals surface area contributed by atoms with Crippen LogP contribution in [0, 0.1) is 5.82 Å². The number of nitrogens with one attached hydrogen (secondary N) is 5. The number of hydrogen-bond donors (Lipinski definition) is 7. The maximum absolute atomic E-state index is 14.2. The third kappa shape index (κ3) is 12.7. The number of H-pyrrole nitrogens is 1. The fourth-order valence-electron chi connectivity index (χ4n) is 9.78. The number of aromatic carboxylic acids is 1. The Bertz CT molecular complexity index is 4540. The van der Waals surface area contributed by atoms with Gasteiger partial charge in [-0.2, -0.15) is 5.10 Å². The Labute approximate surface area is 490 Å². The van der Waals surface area contributed by atoms with Crippen LogP contribution in [0.2, 0.25) is 0 Å². The second kappa shape index (κ2) is 25.0. The molecule has 22 heteroatoms. The van der Waals surface area contributed by atoms with Crippen molar-refractivity contribution in [3.05, 3.63) is 218 Å². The molecule has 0 bridgehead atoms. The minimum Gasteiger partial charge on any atom is -0.478 e. The van der Waals surface area contributed by atoms with Crippen molar-refractivity contribution in [2.24, 2.45) is 0 Å². The second-order valence-corrected chi connectivity index (χ2v) is 19.9. The van der Waals surface area contributed by atoms with Crippen LogP contribution < -0.4 is 26.2 Å². The monoisotopic (exact) mass is 1150 g/mol. The lowest BCUT2D eigenvalue weighted by molar-refractivity contribution is -0.114. The van der Waals surface area contributed by atoms with Crippen molar-refractivity contribution in [2.45, 2.75) is 13.3 Å². The number of aromatic nitrogens is 11. The third-order valence-electron chi connectivity index (χ3n) is 14.0. The van der Waals surface area contributed by atoms with E-state index >= 15 is 0 Å². The molecule has 0 unspecified atom stereocenters. The zero-order valence-electron chi connectivity index (χ0n) is 46.2. The van der Waals surface area contributed by atoms with E-state index in [2.05, 4.69) is 80.6 Å². The summed E-state index contributed by atoms with van der Waals surface area (Å²) in [6.45, 7) is 4.95. The fourth-order valence-corrected chi connectivity index (χ4v) is 9.78. The van der Waals surface area contributed by atoms with Crippen molar-refractivity contribution >= 4 is 85.6 Å². The van der Waals surface area contributed by atoms with Crippen LogP contribution in [-0.2, 0) is 16.0 Å². The van der Waals surface area contributed by atoms with Gasteiger partial charge in [-0.25, -0.2) is 39.1 Å². The van der Waals surface area contributed by atoms with Crippen molar-refractivity contribution in [3.63, 3.8) is 0 Å². The highest BCUT2D eigenvalue weighted by Crippen LogP contribution is 2.31. The van der Waals surface area contributed by atoms with Crippen LogP contribution in [0.1, 0.15) is 22.8 Å². The largest absolute Gasteiger partial charge is 0.478 e. The highest BCUT2D eigenvalue weighted by molar-refractivity contribution is 5.90. The molecular weight excluding hydrogens is 1090 g/mol. The Morgan fingerprint density at radius 1 is 0.616 bits per heavy atom. The van der Waals surface area contributed by atoms with E-state index in [-0.39, 0.29) is 23.9 Å². The summed E-state index contributed by atoms with van der Waals surface area (Å²) in [4.78, 5) is 52.3. The molecule has 7 N–H and O–H groups in total. The van der Waals surface area contributed by atoms with E-state index in [1.54, 1.807) is 73.6 Å². The summed E-state index contributed by atoms with van der Waals surface area (Å²) in [5, 5.41) is 39.1. The van der Waals surface area contributed by atoms with Crippen LogP contribution in [-0.4, -0.2) is 108 Å². The highest BCUT2D eigenvalue weighted by Gasteiger charge is 2.17. The Balaban J connectivity index is 0.000000127. The minimum atomic E-state index is -0.975. The summed E-state index contributed by atoms with van der Waals surface area (Å²) in [5.74, 6) is 0.378. The molecule has 1 saturated heterocycles. The quantitative estimate of drug-likeness (QED) is 0.0534. The maximum atomic E-state index is 14.2. The number of nitrogens with zero attached hydrogens (tertiary/aromatic N) is 11. The molecule has 1 aliphatic heterocycles. The number of imidazole rings is 3. The number of carbonyl (C=O) groups excluding carboxylic acids is 1. The molecule has 0 atom stereocenters. The number of amides is 1. The summed E-state index contributed by atoms with van der Waals surface area (Å²) in [6.07, 6.45) is 18.5. The van der Waals surface area contributed by atoms with Gasteiger partial charge in [0.1, 0.15) is 5.82 Å². The van der Waals surface area contributed by atoms with E-state index < -0.39 is 5.97 Å². The summed E-state index contributed by atoms with van der Waals surface area (Å²) >= 11 is 0. The predicted molar refractivity (Wildman–Crippen MR) is 329 cm³/mol. The minimum absolute atomic E-state index is 0.108. The highest BCUT2D eigenvalue weighted by atomic mass is 19.1. The number of hydrogen-bond acceptors (Lipinski definition) is 15. The van der Waals surface area contributed by atoms with Crippen LogP contribution in [0.25, 0.3) is 61.6 Å². The SMILES string of the molecule is CC(=O)Nc1cccc(-c2cn3ccnc3c(Nc3ccc(N4CCOCC4)cc3)n2)c1.O=C(O)c1cccc(-c2cn3ccnc3c(Nc3ccc4cn[nH]c4c3)n2)c1.OCCc1ccc(Nc2nc(-c3ccccc3F)cn3ccnc23)cc1. The van der Waals surface area contributed by atoms with Gasteiger partial charge in [0.05, 0.1) is 47.6 Å². The fraction of sp³-hybridized carbons (Fsp3) is 0.109. The molecule has 1 aliphatic rings. The number of ether oxygens (including phenoxy) is 1. The molecule has 7 aromatic heterocycles. The Hall–Kier alpha value is -11.4. The lowest BCUT2D eigenvalue weighted by Crippen LogP contribution is -2.36. The van der Waals surface area contributed by atoms with E-state index in [4.69, 9.17) is 19.8 Å². The number of benzene rings is 6. The second-order valence-electron chi connectivity index (χ2n) is 19.9. The molecule has 6 aromatic carbocycles. The van der Waals surface area contributed by atoms with Crippen molar-refractivity contribution < 1.29 is 28.9 Å². The number of anilines is 8. The van der Waals surface area contributed by atoms with Gasteiger partial charge in [0.2, 0.25) is 5.91 Å². The number of morpholine rings is 1. The molecule has 0 aliphatic carbocycles. The average Bonchev–Trinajstić information content (AvgIpc) is 4.40. The molecule has 0 spiro atoms. The number of aromatic amines is 1. The number of aliphatic hydroxyl groups is 1. The first-order valence-electron chi connectivity index (χ1n) is 27.4. The van der Waals surface area contributed by atoms with Gasteiger partial charge in [0.15, 0.2) is 34.4 Å². The summed E-state index contributed by atoms with van der Waals surface area (Å²) < 4.78 is 25.2. The van der Waals surface area contributed by atoms with Crippen LogP contribution in [0.4, 0.5) is 50.3 Å². The van der Waals surface area contributed by atoms with Gasteiger partial charge in [-0.15, -0.1) is 0 Å². The van der Waals surface area contributed by atoms with E-state index in [1.807, 2.05) is 111 Å². The van der Waals surface area contributed by atoms with E-state index in [9.17, 15) is 19.1 Å². The number of rotatable bonds is 14. The zero-order chi connectivity index (χ0) is 58.9. The van der Waals surface area contributed by atoms with Gasteiger partial charge in [-0.05, 0) is 103 Å². The molecule has 8 heterocycles. The number of carboxylic acid groups (broad SMARTS) is 1. The number of aliphatic hydroxyl groups excluding tert-OH is 1. The lowest BCUT2D eigenvalue weighted by atomic mass is 10.1. The van der Waals surface area contributed by atoms with Crippen LogP contribution >= 0.6 is 0 Å². The van der Waals surface area contributed by atoms with E-state index in [1.165, 1.54) is 18.7 Å². The number of carboxylic acids is 1. The van der Waals surface area contributed by atoms with Gasteiger partial charge in [0, 0.05) is 133 Å². The molecule has 14 rings (SSSR count). The lowest BCUT2D eigenvalue weighted by Gasteiger charge is -2.28.